The van der Waals surface area contributed by atoms with Gasteiger partial charge in [0.2, 0.25) is 0 Å². The smallest absolute Gasteiger partial charge is 0.313 e. The van der Waals surface area contributed by atoms with Crippen LogP contribution in [0.25, 0.3) is 5.57 Å². The van der Waals surface area contributed by atoms with Crippen LogP contribution < -0.4 is 11.2 Å². The van der Waals surface area contributed by atoms with Gasteiger partial charge in [0.15, 0.2) is 0 Å². The Morgan fingerprint density at radius 2 is 2.31 bits per heavy atom. The van der Waals surface area contributed by atoms with E-state index in [1.54, 1.807) is 6.07 Å². The van der Waals surface area contributed by atoms with Crippen LogP contribution in [0.4, 0.5) is 0 Å². The van der Waals surface area contributed by atoms with Crippen LogP contribution in [-0.4, -0.2) is 9.55 Å². The van der Waals surface area contributed by atoms with Gasteiger partial charge in [0.25, 0.3) is 5.56 Å². The van der Waals surface area contributed by atoms with Crippen LogP contribution >= 0.6 is 0 Å². The molecule has 0 saturated carbocycles. The lowest BCUT2D eigenvalue weighted by molar-refractivity contribution is 0.772. The molecule has 1 aromatic heterocycles. The third-order valence-electron chi connectivity index (χ3n) is 1.64. The van der Waals surface area contributed by atoms with Crippen molar-refractivity contribution in [3.8, 4) is 6.07 Å². The van der Waals surface area contributed by atoms with Crippen molar-refractivity contribution in [2.24, 2.45) is 7.05 Å². The first-order chi connectivity index (χ1) is 6.07. The summed E-state index contributed by atoms with van der Waals surface area (Å²) in [4.78, 5) is 24.5. The van der Waals surface area contributed by atoms with Gasteiger partial charge in [-0.15, -0.1) is 0 Å². The van der Waals surface area contributed by atoms with E-state index in [-0.39, 0.29) is 11.1 Å². The summed E-state index contributed by atoms with van der Waals surface area (Å²) in [5, 5.41) is 8.48. The van der Waals surface area contributed by atoms with Crippen LogP contribution in [0.1, 0.15) is 5.56 Å². The topological polar surface area (TPSA) is 78.7 Å². The molecule has 1 aromatic rings. The summed E-state index contributed by atoms with van der Waals surface area (Å²) >= 11 is 0. The highest BCUT2D eigenvalue weighted by atomic mass is 16.2. The van der Waals surface area contributed by atoms with E-state index in [2.05, 4.69) is 11.6 Å². The van der Waals surface area contributed by atoms with Gasteiger partial charge in [-0.2, -0.15) is 5.26 Å². The van der Waals surface area contributed by atoms with Crippen LogP contribution in [-0.2, 0) is 7.05 Å². The van der Waals surface area contributed by atoms with E-state index < -0.39 is 11.2 Å². The van der Waals surface area contributed by atoms with Gasteiger partial charge in [0.1, 0.15) is 0 Å². The minimum atomic E-state index is -0.518. The molecular weight excluding hydrogens is 170 g/mol. The summed E-state index contributed by atoms with van der Waals surface area (Å²) in [6.45, 7) is 3.38. The normalized spacial score (nSPS) is 9.23. The number of aromatic amines is 1. The molecule has 0 radical (unpaired) electrons. The van der Waals surface area contributed by atoms with E-state index in [0.717, 1.165) is 4.57 Å². The van der Waals surface area contributed by atoms with E-state index in [1.165, 1.54) is 13.2 Å². The van der Waals surface area contributed by atoms with Crippen molar-refractivity contribution in [1.82, 2.24) is 9.55 Å². The first-order valence-electron chi connectivity index (χ1n) is 3.46. The molecule has 1 N–H and O–H groups in total. The number of hydrogen-bond acceptors (Lipinski definition) is 3. The Kier molecular flexibility index (Phi) is 2.15. The fourth-order valence-corrected chi connectivity index (χ4v) is 0.842. The molecule has 5 heteroatoms. The maximum Gasteiger partial charge on any atom is 0.328 e. The highest BCUT2D eigenvalue weighted by Gasteiger charge is 2.06. The van der Waals surface area contributed by atoms with Gasteiger partial charge in [-0.25, -0.2) is 4.79 Å². The average Bonchev–Trinajstić information content (AvgIpc) is 2.13. The molecule has 0 saturated heterocycles. The quantitative estimate of drug-likeness (QED) is 0.593. The molecule has 0 amide bonds. The Morgan fingerprint density at radius 1 is 1.69 bits per heavy atom. The lowest BCUT2D eigenvalue weighted by Crippen LogP contribution is -2.33. The second kappa shape index (κ2) is 3.11. The SMILES string of the molecule is C=C(C#N)c1c[nH]c(=O)n(C)c1=O. The molecule has 1 heterocycles. The summed E-state index contributed by atoms with van der Waals surface area (Å²) in [5.74, 6) is 0. The van der Waals surface area contributed by atoms with Gasteiger partial charge >= 0.3 is 5.69 Å². The van der Waals surface area contributed by atoms with Crippen molar-refractivity contribution in [2.75, 3.05) is 0 Å². The highest BCUT2D eigenvalue weighted by Crippen LogP contribution is 2.01. The monoisotopic (exact) mass is 177 g/mol. The molecular formula is C8H7N3O2. The molecule has 0 unspecified atom stereocenters. The fraction of sp³-hybridized carbons (Fsp3) is 0.125. The molecule has 13 heavy (non-hydrogen) atoms. The van der Waals surface area contributed by atoms with E-state index in [1.807, 2.05) is 0 Å². The number of hydrogen-bond donors (Lipinski definition) is 1. The zero-order valence-corrected chi connectivity index (χ0v) is 7.00. The van der Waals surface area contributed by atoms with Gasteiger partial charge < -0.3 is 4.98 Å². The van der Waals surface area contributed by atoms with Gasteiger partial charge in [-0.3, -0.25) is 9.36 Å². The lowest BCUT2D eigenvalue weighted by atomic mass is 10.2. The standard InChI is InChI=1S/C8H7N3O2/c1-5(3-9)6-4-10-8(13)11(2)7(6)12/h4H,1H2,2H3,(H,10,13). The largest absolute Gasteiger partial charge is 0.328 e. The van der Waals surface area contributed by atoms with Gasteiger partial charge in [-0.1, -0.05) is 6.58 Å². The number of rotatable bonds is 1. The van der Waals surface area contributed by atoms with Crippen molar-refractivity contribution < 1.29 is 0 Å². The molecule has 0 bridgehead atoms. The van der Waals surface area contributed by atoms with Gasteiger partial charge in [0, 0.05) is 13.2 Å². The number of nitrogens with zero attached hydrogens (tertiary/aromatic N) is 2. The fourth-order valence-electron chi connectivity index (χ4n) is 0.842. The Morgan fingerprint density at radius 3 is 2.85 bits per heavy atom. The molecule has 0 aliphatic rings. The van der Waals surface area contributed by atoms with Crippen molar-refractivity contribution in [3.63, 3.8) is 0 Å². The predicted molar refractivity (Wildman–Crippen MR) is 47.0 cm³/mol. The molecule has 1 rings (SSSR count). The molecule has 0 aromatic carbocycles. The Balaban J connectivity index is 3.55. The third-order valence-corrected chi connectivity index (χ3v) is 1.64. The summed E-state index contributed by atoms with van der Waals surface area (Å²) in [7, 11) is 1.33. The number of aromatic nitrogens is 2. The Bertz CT molecular complexity index is 501. The lowest BCUT2D eigenvalue weighted by Gasteiger charge is -1.98. The van der Waals surface area contributed by atoms with Crippen LogP contribution in [0, 0.1) is 11.3 Å². The Hall–Kier alpha value is -2.09. The summed E-state index contributed by atoms with van der Waals surface area (Å²) in [6.07, 6.45) is 1.19. The van der Waals surface area contributed by atoms with Crippen LogP contribution in [0.5, 0.6) is 0 Å². The number of nitriles is 1. The van der Waals surface area contributed by atoms with Crippen molar-refractivity contribution in [3.05, 3.63) is 39.2 Å². The summed E-state index contributed by atoms with van der Waals surface area (Å²) in [6, 6.07) is 1.74. The summed E-state index contributed by atoms with van der Waals surface area (Å²) < 4.78 is 0.887. The average molecular weight is 177 g/mol. The molecule has 0 atom stereocenters. The van der Waals surface area contributed by atoms with E-state index in [9.17, 15) is 9.59 Å². The third kappa shape index (κ3) is 1.42. The molecule has 5 nitrogen and oxygen atoms in total. The second-order valence-electron chi connectivity index (χ2n) is 2.46. The Labute approximate surface area is 73.6 Å². The van der Waals surface area contributed by atoms with Crippen LogP contribution in [0.3, 0.4) is 0 Å². The first kappa shape index (κ1) is 9.00. The van der Waals surface area contributed by atoms with E-state index in [0.29, 0.717) is 0 Å². The first-order valence-corrected chi connectivity index (χ1v) is 3.46. The van der Waals surface area contributed by atoms with Crippen LogP contribution in [0.15, 0.2) is 22.4 Å². The van der Waals surface area contributed by atoms with E-state index in [4.69, 9.17) is 5.26 Å². The maximum absolute atomic E-state index is 11.3. The number of allylic oxidation sites excluding steroid dienone is 1. The van der Waals surface area contributed by atoms with Crippen molar-refractivity contribution in [1.29, 1.82) is 5.26 Å². The van der Waals surface area contributed by atoms with E-state index >= 15 is 0 Å². The molecule has 0 aliphatic heterocycles. The zero-order chi connectivity index (χ0) is 10.0. The van der Waals surface area contributed by atoms with Gasteiger partial charge in [0.05, 0.1) is 17.2 Å². The minimum absolute atomic E-state index is 0.0388. The molecule has 0 fully saturated rings. The van der Waals surface area contributed by atoms with Gasteiger partial charge in [-0.05, 0) is 0 Å². The second-order valence-corrected chi connectivity index (χ2v) is 2.46. The predicted octanol–water partition coefficient (Wildman–Crippen LogP) is -0.390. The number of H-pyrrole nitrogens is 1. The molecule has 0 aliphatic carbocycles. The number of nitrogens with one attached hydrogen (secondary N) is 1. The molecule has 0 spiro atoms. The highest BCUT2D eigenvalue weighted by molar-refractivity contribution is 5.73. The maximum atomic E-state index is 11.3. The minimum Gasteiger partial charge on any atom is -0.313 e. The zero-order valence-electron chi connectivity index (χ0n) is 7.00. The summed E-state index contributed by atoms with van der Waals surface area (Å²) in [5.41, 5.74) is -0.878. The van der Waals surface area contributed by atoms with Crippen LogP contribution in [0.2, 0.25) is 0 Å². The molecule has 66 valence electrons. The van der Waals surface area contributed by atoms with Crippen molar-refractivity contribution >= 4 is 5.57 Å². The van der Waals surface area contributed by atoms with Crippen molar-refractivity contribution in [2.45, 2.75) is 0 Å².